The van der Waals surface area contributed by atoms with Gasteiger partial charge in [-0.2, -0.15) is 0 Å². The minimum Gasteiger partial charge on any atom is -0.481 e. The number of nitrogens with zero attached hydrogens (tertiary/aromatic N) is 1. The summed E-state index contributed by atoms with van der Waals surface area (Å²) in [5.41, 5.74) is 4.68. The number of hydrogen-bond acceptors (Lipinski definition) is 4. The van der Waals surface area contributed by atoms with Crippen molar-refractivity contribution in [3.8, 4) is 0 Å². The highest BCUT2D eigenvalue weighted by Gasteiger charge is 2.36. The monoisotopic (exact) mass is 214 g/mol. The third-order valence-corrected chi connectivity index (χ3v) is 3.27. The van der Waals surface area contributed by atoms with Gasteiger partial charge in [-0.1, -0.05) is 6.92 Å². The molecule has 1 atom stereocenters. The van der Waals surface area contributed by atoms with Gasteiger partial charge in [0.15, 0.2) is 0 Å². The molecule has 14 heavy (non-hydrogen) atoms. The van der Waals surface area contributed by atoms with Gasteiger partial charge in [-0.05, 0) is 6.42 Å². The van der Waals surface area contributed by atoms with Crippen LogP contribution in [0.3, 0.4) is 0 Å². The molecule has 0 bridgehead atoms. The molecule has 1 heterocycles. The summed E-state index contributed by atoms with van der Waals surface area (Å²) < 4.78 is 0. The lowest BCUT2D eigenvalue weighted by molar-refractivity contribution is -0.148. The number of carbonyl (C=O) groups is 1. The van der Waals surface area contributed by atoms with Gasteiger partial charge >= 0.3 is 5.97 Å². The minimum atomic E-state index is -0.849. The van der Waals surface area contributed by atoms with Crippen molar-refractivity contribution in [1.29, 1.82) is 0 Å². The van der Waals surface area contributed by atoms with E-state index >= 15 is 0 Å². The maximum Gasteiger partial charge on any atom is 0.311 e. The number of carboxylic acids is 1. The van der Waals surface area contributed by atoms with Crippen molar-refractivity contribution in [1.82, 2.24) is 4.98 Å². The van der Waals surface area contributed by atoms with Crippen LogP contribution in [-0.4, -0.2) is 22.6 Å². The van der Waals surface area contributed by atoms with Crippen LogP contribution >= 0.6 is 11.3 Å². The molecule has 0 aliphatic heterocycles. The van der Waals surface area contributed by atoms with Crippen LogP contribution < -0.4 is 5.73 Å². The number of nitrogens with two attached hydrogens (primary N) is 1. The molecule has 0 aromatic carbocycles. The minimum absolute atomic E-state index is 0.151. The van der Waals surface area contributed by atoms with Crippen molar-refractivity contribution < 1.29 is 9.90 Å². The average molecular weight is 214 g/mol. The van der Waals surface area contributed by atoms with Crippen molar-refractivity contribution in [2.75, 3.05) is 6.54 Å². The molecule has 0 amide bonds. The number of carboxylic acid groups (broad SMARTS) is 1. The molecule has 1 aromatic heterocycles. The summed E-state index contributed by atoms with van der Waals surface area (Å²) in [5.74, 6) is -0.835. The quantitative estimate of drug-likeness (QED) is 0.770. The predicted molar refractivity (Wildman–Crippen MR) is 55.2 cm³/mol. The third kappa shape index (κ3) is 2.10. The Morgan fingerprint density at radius 2 is 2.50 bits per heavy atom. The summed E-state index contributed by atoms with van der Waals surface area (Å²) in [6, 6.07) is 0. The lowest BCUT2D eigenvalue weighted by atomic mass is 9.82. The van der Waals surface area contributed by atoms with Gasteiger partial charge in [0.25, 0.3) is 0 Å². The van der Waals surface area contributed by atoms with Crippen LogP contribution in [0.4, 0.5) is 0 Å². The van der Waals surface area contributed by atoms with Crippen molar-refractivity contribution in [2.24, 2.45) is 11.1 Å². The fourth-order valence-corrected chi connectivity index (χ4v) is 2.05. The van der Waals surface area contributed by atoms with Gasteiger partial charge < -0.3 is 10.8 Å². The van der Waals surface area contributed by atoms with Gasteiger partial charge in [0.2, 0.25) is 0 Å². The van der Waals surface area contributed by atoms with Crippen LogP contribution in [0.1, 0.15) is 18.4 Å². The van der Waals surface area contributed by atoms with Gasteiger partial charge in [-0.25, -0.2) is 4.98 Å². The first-order chi connectivity index (χ1) is 6.64. The number of rotatable bonds is 5. The van der Waals surface area contributed by atoms with E-state index in [4.69, 9.17) is 10.8 Å². The number of hydrogen-bond donors (Lipinski definition) is 2. The van der Waals surface area contributed by atoms with Gasteiger partial charge in [-0.3, -0.25) is 4.79 Å². The second-order valence-corrected chi connectivity index (χ2v) is 4.22. The second-order valence-electron chi connectivity index (χ2n) is 3.25. The molecule has 78 valence electrons. The Labute approximate surface area is 86.8 Å². The number of aliphatic carboxylic acids is 1. The average Bonchev–Trinajstić information content (AvgIpc) is 2.66. The van der Waals surface area contributed by atoms with Crippen LogP contribution in [0.15, 0.2) is 11.6 Å². The maximum atomic E-state index is 11.1. The van der Waals surface area contributed by atoms with Crippen molar-refractivity contribution >= 4 is 17.3 Å². The topological polar surface area (TPSA) is 76.2 Å². The molecule has 0 radical (unpaired) electrons. The molecular weight excluding hydrogens is 200 g/mol. The van der Waals surface area contributed by atoms with Crippen LogP contribution in [0.5, 0.6) is 0 Å². The van der Waals surface area contributed by atoms with E-state index < -0.39 is 11.4 Å². The van der Waals surface area contributed by atoms with E-state index in [0.717, 1.165) is 5.01 Å². The van der Waals surface area contributed by atoms with Crippen molar-refractivity contribution in [3.05, 3.63) is 16.6 Å². The summed E-state index contributed by atoms with van der Waals surface area (Å²) >= 11 is 1.47. The Bertz CT molecular complexity index is 294. The molecule has 1 rings (SSSR count). The fraction of sp³-hybridized carbons (Fsp3) is 0.556. The van der Waals surface area contributed by atoms with Crippen molar-refractivity contribution in [2.45, 2.75) is 19.8 Å². The summed E-state index contributed by atoms with van der Waals surface area (Å²) in [6.07, 6.45) is 2.63. The lowest BCUT2D eigenvalue weighted by Gasteiger charge is -2.24. The first-order valence-corrected chi connectivity index (χ1v) is 5.34. The molecule has 0 saturated carbocycles. The molecule has 5 heteroatoms. The molecule has 3 N–H and O–H groups in total. The van der Waals surface area contributed by atoms with Gasteiger partial charge in [0.05, 0.1) is 10.4 Å². The van der Waals surface area contributed by atoms with Crippen molar-refractivity contribution in [3.63, 3.8) is 0 Å². The number of aromatic nitrogens is 1. The van der Waals surface area contributed by atoms with E-state index in [1.165, 1.54) is 11.3 Å². The summed E-state index contributed by atoms with van der Waals surface area (Å²) in [7, 11) is 0. The van der Waals surface area contributed by atoms with E-state index in [9.17, 15) is 4.79 Å². The largest absolute Gasteiger partial charge is 0.481 e. The van der Waals surface area contributed by atoms with E-state index in [2.05, 4.69) is 4.98 Å². The summed E-state index contributed by atoms with van der Waals surface area (Å²) in [4.78, 5) is 15.2. The molecule has 4 nitrogen and oxygen atoms in total. The lowest BCUT2D eigenvalue weighted by Crippen LogP contribution is -2.40. The maximum absolute atomic E-state index is 11.1. The highest BCUT2D eigenvalue weighted by atomic mass is 32.1. The zero-order valence-corrected chi connectivity index (χ0v) is 8.88. The second kappa shape index (κ2) is 4.52. The Morgan fingerprint density at radius 1 is 1.79 bits per heavy atom. The molecule has 1 aromatic rings. The van der Waals surface area contributed by atoms with E-state index in [1.807, 2.05) is 12.3 Å². The van der Waals surface area contributed by atoms with Gasteiger partial charge in [0, 0.05) is 24.5 Å². The van der Waals surface area contributed by atoms with Gasteiger partial charge in [-0.15, -0.1) is 11.3 Å². The Hall–Kier alpha value is -0.940. The molecule has 0 spiro atoms. The highest BCUT2D eigenvalue weighted by molar-refractivity contribution is 7.09. The Balaban J connectivity index is 2.83. The van der Waals surface area contributed by atoms with Crippen LogP contribution in [0.25, 0.3) is 0 Å². The van der Waals surface area contributed by atoms with E-state index in [0.29, 0.717) is 12.8 Å². The molecule has 0 aliphatic rings. The summed E-state index contributed by atoms with van der Waals surface area (Å²) in [5, 5.41) is 11.8. The first kappa shape index (κ1) is 11.1. The van der Waals surface area contributed by atoms with Crippen LogP contribution in [-0.2, 0) is 11.2 Å². The zero-order chi connectivity index (χ0) is 10.6. The standard InChI is InChI=1S/C9H14N2O2S/c1-2-9(6-10,8(12)13)5-7-11-3-4-14-7/h3-4H,2,5-6,10H2,1H3,(H,12,13). The normalized spacial score (nSPS) is 15.0. The van der Waals surface area contributed by atoms with Crippen LogP contribution in [0.2, 0.25) is 0 Å². The zero-order valence-electron chi connectivity index (χ0n) is 8.06. The van der Waals surface area contributed by atoms with Gasteiger partial charge in [0.1, 0.15) is 0 Å². The highest BCUT2D eigenvalue weighted by Crippen LogP contribution is 2.27. The Kier molecular flexibility index (Phi) is 3.60. The summed E-state index contributed by atoms with van der Waals surface area (Å²) in [6.45, 7) is 1.99. The Morgan fingerprint density at radius 3 is 2.86 bits per heavy atom. The van der Waals surface area contributed by atoms with Crippen LogP contribution in [0, 0.1) is 5.41 Å². The first-order valence-electron chi connectivity index (χ1n) is 4.46. The third-order valence-electron chi connectivity index (χ3n) is 2.49. The number of thiazole rings is 1. The van der Waals surface area contributed by atoms with E-state index in [1.54, 1.807) is 6.20 Å². The smallest absolute Gasteiger partial charge is 0.311 e. The van der Waals surface area contributed by atoms with E-state index in [-0.39, 0.29) is 6.54 Å². The molecule has 0 saturated heterocycles. The SMILES string of the molecule is CCC(CN)(Cc1nccs1)C(=O)O. The molecule has 1 unspecified atom stereocenters. The fourth-order valence-electron chi connectivity index (χ4n) is 1.29. The predicted octanol–water partition coefficient (Wildman–Crippen LogP) is 1.13. The molecular formula is C9H14N2O2S. The molecule has 0 aliphatic carbocycles. The molecule has 0 fully saturated rings.